The van der Waals surface area contributed by atoms with Crippen LogP contribution < -0.4 is 0 Å². The van der Waals surface area contributed by atoms with Gasteiger partial charge in [0.1, 0.15) is 0 Å². The van der Waals surface area contributed by atoms with Crippen LogP contribution in [-0.2, 0) is 27.8 Å². The molecule has 0 aliphatic carbocycles. The molecule has 1 unspecified atom stereocenters. The minimum atomic E-state index is -1.15. The van der Waals surface area contributed by atoms with Gasteiger partial charge in [-0.25, -0.2) is 0 Å². The smallest absolute Gasteiger partial charge is 0.307 e. The first-order chi connectivity index (χ1) is 9.54. The van der Waals surface area contributed by atoms with Crippen LogP contribution in [0.15, 0.2) is 47.6 Å². The van der Waals surface area contributed by atoms with Gasteiger partial charge in [-0.1, -0.05) is 18.2 Å². The lowest BCUT2D eigenvalue weighted by atomic mass is 10.2. The molecule has 0 spiro atoms. The highest BCUT2D eigenvalue weighted by Crippen LogP contribution is 2.14. The first-order valence-electron chi connectivity index (χ1n) is 6.14. The van der Waals surface area contributed by atoms with Crippen LogP contribution in [0.4, 0.5) is 0 Å². The standard InChI is InChI=1S/C15H15NO3S/c1-11-6-13(9-16-8-11)10-20(19)14-4-2-12(3-5-14)7-15(17)18/h2-6,8-9H,7,10H2,1H3,(H,17,18). The highest BCUT2D eigenvalue weighted by molar-refractivity contribution is 7.84. The van der Waals surface area contributed by atoms with E-state index in [1.54, 1.807) is 36.7 Å². The Labute approximate surface area is 119 Å². The molecule has 1 heterocycles. The number of pyridine rings is 1. The summed E-state index contributed by atoms with van der Waals surface area (Å²) in [6.07, 6.45) is 3.45. The molecule has 0 aliphatic rings. The lowest BCUT2D eigenvalue weighted by Crippen LogP contribution is -2.01. The van der Waals surface area contributed by atoms with E-state index in [1.807, 2.05) is 13.0 Å². The molecule has 0 amide bonds. The third-order valence-electron chi connectivity index (χ3n) is 2.77. The van der Waals surface area contributed by atoms with E-state index in [4.69, 9.17) is 5.11 Å². The van der Waals surface area contributed by atoms with Gasteiger partial charge in [0.2, 0.25) is 0 Å². The number of carboxylic acids is 1. The van der Waals surface area contributed by atoms with E-state index in [0.29, 0.717) is 16.2 Å². The van der Waals surface area contributed by atoms with E-state index in [1.165, 1.54) is 0 Å². The molecule has 1 aromatic carbocycles. The van der Waals surface area contributed by atoms with Crippen LogP contribution in [0.25, 0.3) is 0 Å². The number of carboxylic acid groups (broad SMARTS) is 1. The van der Waals surface area contributed by atoms with Crippen molar-refractivity contribution in [3.8, 4) is 0 Å². The minimum absolute atomic E-state index is 0.0191. The topological polar surface area (TPSA) is 67.3 Å². The summed E-state index contributed by atoms with van der Waals surface area (Å²) >= 11 is 0. The Balaban J connectivity index is 2.07. The molecule has 0 saturated heterocycles. The maximum atomic E-state index is 12.2. The number of nitrogens with zero attached hydrogens (tertiary/aromatic N) is 1. The van der Waals surface area contributed by atoms with Crippen molar-refractivity contribution in [2.75, 3.05) is 0 Å². The first-order valence-corrected chi connectivity index (χ1v) is 7.46. The van der Waals surface area contributed by atoms with E-state index >= 15 is 0 Å². The zero-order valence-corrected chi connectivity index (χ0v) is 11.9. The van der Waals surface area contributed by atoms with E-state index in [0.717, 1.165) is 11.1 Å². The second kappa shape index (κ2) is 6.43. The highest BCUT2D eigenvalue weighted by atomic mass is 32.2. The Morgan fingerprint density at radius 3 is 2.50 bits per heavy atom. The third kappa shape index (κ3) is 3.99. The van der Waals surface area contributed by atoms with Crippen LogP contribution in [0.5, 0.6) is 0 Å². The summed E-state index contributed by atoms with van der Waals surface area (Å²) in [5, 5.41) is 8.70. The average Bonchev–Trinajstić information content (AvgIpc) is 2.38. The van der Waals surface area contributed by atoms with Gasteiger partial charge in [0.15, 0.2) is 0 Å². The molecule has 20 heavy (non-hydrogen) atoms. The molecule has 1 N–H and O–H groups in total. The van der Waals surface area contributed by atoms with Crippen LogP contribution in [0.3, 0.4) is 0 Å². The maximum absolute atomic E-state index is 12.2. The number of hydrogen-bond donors (Lipinski definition) is 1. The van der Waals surface area contributed by atoms with Crippen LogP contribution in [0.1, 0.15) is 16.7 Å². The van der Waals surface area contributed by atoms with Gasteiger partial charge in [-0.2, -0.15) is 0 Å². The van der Waals surface area contributed by atoms with Crippen LogP contribution in [0.2, 0.25) is 0 Å². The van der Waals surface area contributed by atoms with Crippen molar-refractivity contribution < 1.29 is 14.1 Å². The van der Waals surface area contributed by atoms with E-state index in [9.17, 15) is 9.00 Å². The van der Waals surface area contributed by atoms with Crippen molar-refractivity contribution in [3.05, 3.63) is 59.4 Å². The van der Waals surface area contributed by atoms with Crippen molar-refractivity contribution in [1.82, 2.24) is 4.98 Å². The number of hydrogen-bond acceptors (Lipinski definition) is 3. The Hall–Kier alpha value is -2.01. The molecule has 104 valence electrons. The molecule has 4 nitrogen and oxygen atoms in total. The van der Waals surface area contributed by atoms with Gasteiger partial charge in [-0.05, 0) is 35.7 Å². The van der Waals surface area contributed by atoms with Gasteiger partial charge in [0.05, 0.1) is 23.0 Å². The van der Waals surface area contributed by atoms with Gasteiger partial charge in [0.25, 0.3) is 0 Å². The second-order valence-corrected chi connectivity index (χ2v) is 6.03. The summed E-state index contributed by atoms with van der Waals surface area (Å²) in [4.78, 5) is 15.4. The molecular weight excluding hydrogens is 274 g/mol. The number of benzene rings is 1. The Bertz CT molecular complexity index is 638. The predicted molar refractivity (Wildman–Crippen MR) is 76.9 cm³/mol. The molecule has 5 heteroatoms. The molecule has 2 aromatic rings. The predicted octanol–water partition coefficient (Wildman–Crippen LogP) is 2.32. The SMILES string of the molecule is Cc1cncc(CS(=O)c2ccc(CC(=O)O)cc2)c1. The van der Waals surface area contributed by atoms with Crippen LogP contribution in [0, 0.1) is 6.92 Å². The summed E-state index contributed by atoms with van der Waals surface area (Å²) in [5.41, 5.74) is 2.67. The zero-order valence-electron chi connectivity index (χ0n) is 11.1. The summed E-state index contributed by atoms with van der Waals surface area (Å²) in [5.74, 6) is -0.461. The summed E-state index contributed by atoms with van der Waals surface area (Å²) < 4.78 is 12.2. The largest absolute Gasteiger partial charge is 0.481 e. The molecular formula is C15H15NO3S. The molecule has 1 atom stereocenters. The second-order valence-electron chi connectivity index (χ2n) is 4.57. The van der Waals surface area contributed by atoms with Crippen molar-refractivity contribution in [1.29, 1.82) is 0 Å². The van der Waals surface area contributed by atoms with Crippen molar-refractivity contribution in [2.45, 2.75) is 24.0 Å². The van der Waals surface area contributed by atoms with Gasteiger partial charge in [0, 0.05) is 17.3 Å². The number of carbonyl (C=O) groups is 1. The fraction of sp³-hybridized carbons (Fsp3) is 0.200. The quantitative estimate of drug-likeness (QED) is 0.917. The summed E-state index contributed by atoms with van der Waals surface area (Å²) in [7, 11) is -1.15. The lowest BCUT2D eigenvalue weighted by Gasteiger charge is -2.04. The monoisotopic (exact) mass is 289 g/mol. The fourth-order valence-corrected chi connectivity index (χ4v) is 2.93. The maximum Gasteiger partial charge on any atom is 0.307 e. The number of aryl methyl sites for hydroxylation is 1. The molecule has 0 radical (unpaired) electrons. The van der Waals surface area contributed by atoms with E-state index in [-0.39, 0.29) is 6.42 Å². The van der Waals surface area contributed by atoms with Crippen molar-refractivity contribution in [2.24, 2.45) is 0 Å². The number of aromatic nitrogens is 1. The number of aliphatic carboxylic acids is 1. The molecule has 0 bridgehead atoms. The van der Waals surface area contributed by atoms with Crippen molar-refractivity contribution >= 4 is 16.8 Å². The Kier molecular flexibility index (Phi) is 4.63. The van der Waals surface area contributed by atoms with Gasteiger partial charge < -0.3 is 5.11 Å². The van der Waals surface area contributed by atoms with Crippen LogP contribution >= 0.6 is 0 Å². The Morgan fingerprint density at radius 2 is 1.90 bits per heavy atom. The van der Waals surface area contributed by atoms with Gasteiger partial charge in [-0.15, -0.1) is 0 Å². The van der Waals surface area contributed by atoms with Crippen LogP contribution in [-0.4, -0.2) is 20.3 Å². The molecule has 1 aromatic heterocycles. The lowest BCUT2D eigenvalue weighted by molar-refractivity contribution is -0.136. The Morgan fingerprint density at radius 1 is 1.20 bits per heavy atom. The number of rotatable bonds is 5. The van der Waals surface area contributed by atoms with E-state index < -0.39 is 16.8 Å². The molecule has 2 rings (SSSR count). The summed E-state index contributed by atoms with van der Waals surface area (Å²) in [6.45, 7) is 1.94. The van der Waals surface area contributed by atoms with Crippen molar-refractivity contribution in [3.63, 3.8) is 0 Å². The third-order valence-corrected chi connectivity index (χ3v) is 4.16. The zero-order chi connectivity index (χ0) is 14.5. The normalized spacial score (nSPS) is 12.1. The molecule has 0 fully saturated rings. The highest BCUT2D eigenvalue weighted by Gasteiger charge is 2.07. The summed E-state index contributed by atoms with van der Waals surface area (Å²) in [6, 6.07) is 8.81. The van der Waals surface area contributed by atoms with Gasteiger partial charge in [-0.3, -0.25) is 14.0 Å². The molecule has 0 aliphatic heterocycles. The van der Waals surface area contributed by atoms with Gasteiger partial charge >= 0.3 is 5.97 Å². The minimum Gasteiger partial charge on any atom is -0.481 e. The fourth-order valence-electron chi connectivity index (χ4n) is 1.86. The average molecular weight is 289 g/mol. The molecule has 0 saturated carbocycles. The first kappa shape index (κ1) is 14.4. The van der Waals surface area contributed by atoms with E-state index in [2.05, 4.69) is 4.98 Å².